The Morgan fingerprint density at radius 3 is 1.69 bits per heavy atom. The summed E-state index contributed by atoms with van der Waals surface area (Å²) >= 11 is 0. The topological polar surface area (TPSA) is 91.0 Å². The van der Waals surface area contributed by atoms with Crippen molar-refractivity contribution in [3.8, 4) is 0 Å². The van der Waals surface area contributed by atoms with E-state index < -0.39 is 13.9 Å². The SMILES string of the molecule is CCCCCCCCCCCCCCCCOCC(N)COP(=O)(O)OCC[N+](C)(C)C. The minimum Gasteiger partial charge on any atom is -0.380 e. The smallest absolute Gasteiger partial charge is 0.380 e. The number of likely N-dealkylation sites (N-methyl/N-ethyl adjacent to an activating group) is 1. The largest absolute Gasteiger partial charge is 0.472 e. The second-order valence-electron chi connectivity index (χ2n) is 10.0. The molecule has 0 amide bonds. The second kappa shape index (κ2) is 20.4. The summed E-state index contributed by atoms with van der Waals surface area (Å²) in [7, 11) is 1.90. The van der Waals surface area contributed by atoms with Crippen molar-refractivity contribution in [3.63, 3.8) is 0 Å². The van der Waals surface area contributed by atoms with Gasteiger partial charge in [0, 0.05) is 6.61 Å². The third kappa shape index (κ3) is 24.6. The highest BCUT2D eigenvalue weighted by Gasteiger charge is 2.23. The molecule has 3 N–H and O–H groups in total. The van der Waals surface area contributed by atoms with E-state index in [4.69, 9.17) is 19.5 Å². The molecule has 0 rings (SSSR count). The zero-order chi connectivity index (χ0) is 24.1. The summed E-state index contributed by atoms with van der Waals surface area (Å²) in [5, 5.41) is 0. The van der Waals surface area contributed by atoms with Crippen molar-refractivity contribution < 1.29 is 27.7 Å². The molecule has 0 saturated carbocycles. The lowest BCUT2D eigenvalue weighted by atomic mass is 10.0. The predicted octanol–water partition coefficient (Wildman–Crippen LogP) is 5.65. The molecule has 0 fully saturated rings. The summed E-state index contributed by atoms with van der Waals surface area (Å²) in [5.41, 5.74) is 5.90. The zero-order valence-electron chi connectivity index (χ0n) is 21.6. The van der Waals surface area contributed by atoms with Crippen LogP contribution in [-0.2, 0) is 18.3 Å². The molecule has 2 atom stereocenters. The number of quaternary nitrogens is 1. The van der Waals surface area contributed by atoms with Gasteiger partial charge in [-0.2, -0.15) is 0 Å². The van der Waals surface area contributed by atoms with Crippen LogP contribution in [0.4, 0.5) is 0 Å². The first-order valence-corrected chi connectivity index (χ1v) is 14.4. The molecule has 0 aromatic carbocycles. The Morgan fingerprint density at radius 2 is 1.22 bits per heavy atom. The predicted molar refractivity (Wildman–Crippen MR) is 134 cm³/mol. The molecule has 0 aliphatic carbocycles. The van der Waals surface area contributed by atoms with Crippen LogP contribution in [0.1, 0.15) is 96.8 Å². The molecule has 0 aliphatic rings. The van der Waals surface area contributed by atoms with Crippen molar-refractivity contribution in [1.82, 2.24) is 0 Å². The first kappa shape index (κ1) is 32.0. The maximum atomic E-state index is 11.8. The summed E-state index contributed by atoms with van der Waals surface area (Å²) in [6.45, 7) is 3.96. The van der Waals surface area contributed by atoms with Gasteiger partial charge in [-0.3, -0.25) is 9.05 Å². The first-order chi connectivity index (χ1) is 15.2. The molecule has 32 heavy (non-hydrogen) atoms. The quantitative estimate of drug-likeness (QED) is 0.105. The molecule has 0 heterocycles. The number of hydrogen-bond donors (Lipinski definition) is 2. The van der Waals surface area contributed by atoms with E-state index in [-0.39, 0.29) is 13.2 Å². The number of nitrogens with two attached hydrogens (primary N) is 1. The van der Waals surface area contributed by atoms with Crippen molar-refractivity contribution in [2.45, 2.75) is 103 Å². The van der Waals surface area contributed by atoms with Gasteiger partial charge < -0.3 is 19.8 Å². The average Bonchev–Trinajstić information content (AvgIpc) is 2.71. The molecule has 2 unspecified atom stereocenters. The summed E-state index contributed by atoms with van der Waals surface area (Å²) in [6.07, 6.45) is 18.7. The van der Waals surface area contributed by atoms with Crippen molar-refractivity contribution in [3.05, 3.63) is 0 Å². The monoisotopic (exact) mass is 481 g/mol. The highest BCUT2D eigenvalue weighted by Crippen LogP contribution is 2.42. The normalized spacial score (nSPS) is 15.1. The lowest BCUT2D eigenvalue weighted by Crippen LogP contribution is -2.37. The van der Waals surface area contributed by atoms with E-state index >= 15 is 0 Å². The molecule has 0 bridgehead atoms. The molecular formula is C24H54N2O5P+. The van der Waals surface area contributed by atoms with Crippen LogP contribution in [0.25, 0.3) is 0 Å². The van der Waals surface area contributed by atoms with Gasteiger partial charge in [0.05, 0.1) is 40.4 Å². The molecule has 0 radical (unpaired) electrons. The van der Waals surface area contributed by atoms with Gasteiger partial charge in [0.1, 0.15) is 13.2 Å². The van der Waals surface area contributed by atoms with Gasteiger partial charge in [0.2, 0.25) is 0 Å². The van der Waals surface area contributed by atoms with Gasteiger partial charge in [-0.1, -0.05) is 90.4 Å². The Kier molecular flexibility index (Phi) is 20.4. The van der Waals surface area contributed by atoms with Crippen molar-refractivity contribution in [1.29, 1.82) is 0 Å². The third-order valence-electron chi connectivity index (χ3n) is 5.44. The molecular weight excluding hydrogens is 427 g/mol. The van der Waals surface area contributed by atoms with Crippen molar-refractivity contribution in [2.24, 2.45) is 5.73 Å². The van der Waals surface area contributed by atoms with Gasteiger partial charge in [-0.05, 0) is 6.42 Å². The maximum Gasteiger partial charge on any atom is 0.472 e. The fourth-order valence-corrected chi connectivity index (χ4v) is 4.11. The summed E-state index contributed by atoms with van der Waals surface area (Å²) in [4.78, 5) is 9.68. The summed E-state index contributed by atoms with van der Waals surface area (Å²) < 4.78 is 28.0. The van der Waals surface area contributed by atoms with Gasteiger partial charge in [0.15, 0.2) is 0 Å². The number of hydrogen-bond acceptors (Lipinski definition) is 5. The Labute approximate surface area is 198 Å². The fourth-order valence-electron chi connectivity index (χ4n) is 3.34. The van der Waals surface area contributed by atoms with Crippen molar-refractivity contribution >= 4 is 7.82 Å². The molecule has 0 aliphatic heterocycles. The van der Waals surface area contributed by atoms with Crippen LogP contribution >= 0.6 is 7.82 Å². The molecule has 0 spiro atoms. The fraction of sp³-hybridized carbons (Fsp3) is 1.00. The number of nitrogens with zero attached hydrogens (tertiary/aromatic N) is 1. The van der Waals surface area contributed by atoms with Gasteiger partial charge in [-0.15, -0.1) is 0 Å². The molecule has 194 valence electrons. The number of rotatable bonds is 24. The van der Waals surface area contributed by atoms with Crippen LogP contribution in [0, 0.1) is 0 Å². The van der Waals surface area contributed by atoms with Crippen LogP contribution in [0.2, 0.25) is 0 Å². The van der Waals surface area contributed by atoms with E-state index in [1.54, 1.807) is 0 Å². The molecule has 8 heteroatoms. The number of phosphoric acid groups is 1. The second-order valence-corrected chi connectivity index (χ2v) is 11.5. The Hall–Kier alpha value is -0.0100. The number of ether oxygens (including phenoxy) is 1. The number of phosphoric ester groups is 1. The maximum absolute atomic E-state index is 11.8. The molecule has 0 aromatic heterocycles. The zero-order valence-corrected chi connectivity index (χ0v) is 22.5. The minimum atomic E-state index is -4.05. The highest BCUT2D eigenvalue weighted by molar-refractivity contribution is 7.47. The minimum absolute atomic E-state index is 0.0586. The van der Waals surface area contributed by atoms with E-state index in [1.165, 1.54) is 83.5 Å². The summed E-state index contributed by atoms with van der Waals surface area (Å²) in [5.74, 6) is 0. The van der Waals surface area contributed by atoms with Crippen LogP contribution in [0.5, 0.6) is 0 Å². The Bertz CT molecular complexity index is 460. The van der Waals surface area contributed by atoms with E-state index in [9.17, 15) is 9.46 Å². The lowest BCUT2D eigenvalue weighted by molar-refractivity contribution is -0.870. The van der Waals surface area contributed by atoms with Crippen molar-refractivity contribution in [2.75, 3.05) is 54.1 Å². The molecule has 7 nitrogen and oxygen atoms in total. The van der Waals surface area contributed by atoms with Gasteiger partial charge >= 0.3 is 7.82 Å². The van der Waals surface area contributed by atoms with Crippen LogP contribution < -0.4 is 5.73 Å². The standard InChI is InChI=1S/C24H53N2O5P/c1-5-6-7-8-9-10-11-12-13-14-15-16-17-18-20-29-22-24(25)23-31-32(27,28)30-21-19-26(2,3)4/h24H,5-23,25H2,1-4H3/p+1. The van der Waals surface area contributed by atoms with Gasteiger partial charge in [-0.25, -0.2) is 4.57 Å². The van der Waals surface area contributed by atoms with E-state index in [0.29, 0.717) is 24.2 Å². The third-order valence-corrected chi connectivity index (χ3v) is 6.43. The van der Waals surface area contributed by atoms with E-state index in [1.807, 2.05) is 21.1 Å². The average molecular weight is 482 g/mol. The molecule has 0 saturated heterocycles. The van der Waals surface area contributed by atoms with E-state index in [2.05, 4.69) is 6.92 Å². The Balaban J connectivity index is 3.40. The van der Waals surface area contributed by atoms with Gasteiger partial charge in [0.25, 0.3) is 0 Å². The van der Waals surface area contributed by atoms with Crippen LogP contribution in [0.3, 0.4) is 0 Å². The highest BCUT2D eigenvalue weighted by atomic mass is 31.2. The van der Waals surface area contributed by atoms with Crippen LogP contribution in [0.15, 0.2) is 0 Å². The summed E-state index contributed by atoms with van der Waals surface area (Å²) in [6, 6.07) is -0.441. The van der Waals surface area contributed by atoms with E-state index in [0.717, 1.165) is 6.42 Å². The molecule has 0 aromatic rings. The first-order valence-electron chi connectivity index (χ1n) is 12.9. The number of unbranched alkanes of at least 4 members (excludes halogenated alkanes) is 13. The van der Waals surface area contributed by atoms with Crippen LogP contribution in [-0.4, -0.2) is 69.5 Å². The lowest BCUT2D eigenvalue weighted by Gasteiger charge is -2.24. The Morgan fingerprint density at radius 1 is 0.750 bits per heavy atom.